The second-order valence-corrected chi connectivity index (χ2v) is 3.71. The topological polar surface area (TPSA) is 81.8 Å². The Morgan fingerprint density at radius 2 is 2.17 bits per heavy atom. The number of rotatable bonds is 6. The molecule has 1 aromatic rings. The highest BCUT2D eigenvalue weighted by molar-refractivity contribution is 5.76. The van der Waals surface area contributed by atoms with Crippen LogP contribution in [0.25, 0.3) is 0 Å². The van der Waals surface area contributed by atoms with Crippen molar-refractivity contribution in [3.05, 3.63) is 29.1 Å². The lowest BCUT2D eigenvalue weighted by Crippen LogP contribution is -2.22. The first-order valence-corrected chi connectivity index (χ1v) is 5.33. The zero-order valence-electron chi connectivity index (χ0n) is 10.3. The minimum atomic E-state index is -1.16. The zero-order valence-corrected chi connectivity index (χ0v) is 10.3. The number of aliphatic carboxylic acids is 1. The first-order valence-electron chi connectivity index (χ1n) is 5.33. The van der Waals surface area contributed by atoms with Crippen molar-refractivity contribution in [1.82, 2.24) is 0 Å². The highest BCUT2D eigenvalue weighted by Crippen LogP contribution is 2.29. The number of ether oxygens (including phenoxy) is 2. The molecule has 0 saturated heterocycles. The van der Waals surface area contributed by atoms with Crippen molar-refractivity contribution >= 4 is 5.97 Å². The van der Waals surface area contributed by atoms with Crippen LogP contribution in [0.15, 0.2) is 12.1 Å². The summed E-state index contributed by atoms with van der Waals surface area (Å²) in [6.45, 7) is -0.176. The van der Waals surface area contributed by atoms with Crippen LogP contribution in [0.5, 0.6) is 5.75 Å². The maximum atomic E-state index is 14.2. The summed E-state index contributed by atoms with van der Waals surface area (Å²) in [4.78, 5) is 11.0. The Hall–Kier alpha value is -1.66. The summed E-state index contributed by atoms with van der Waals surface area (Å²) in [5.41, 5.74) is 5.59. The fourth-order valence-corrected chi connectivity index (χ4v) is 1.72. The van der Waals surface area contributed by atoms with Crippen LogP contribution in [-0.2, 0) is 16.1 Å². The molecule has 0 amide bonds. The van der Waals surface area contributed by atoms with E-state index in [2.05, 4.69) is 0 Å². The van der Waals surface area contributed by atoms with Gasteiger partial charge in [0, 0.05) is 19.2 Å². The molecule has 100 valence electrons. The van der Waals surface area contributed by atoms with Gasteiger partial charge in [0.25, 0.3) is 0 Å². The predicted molar refractivity (Wildman–Crippen MR) is 63.1 cm³/mol. The van der Waals surface area contributed by atoms with E-state index in [1.807, 2.05) is 0 Å². The third kappa shape index (κ3) is 2.77. The lowest BCUT2D eigenvalue weighted by molar-refractivity contribution is -0.138. The maximum absolute atomic E-state index is 14.2. The van der Waals surface area contributed by atoms with Crippen molar-refractivity contribution < 1.29 is 23.8 Å². The molecule has 0 aliphatic carbocycles. The second kappa shape index (κ2) is 6.32. The number of carbonyl (C=O) groups is 1. The quantitative estimate of drug-likeness (QED) is 0.797. The lowest BCUT2D eigenvalue weighted by atomic mass is 9.96. The fraction of sp³-hybridized carbons (Fsp3) is 0.417. The summed E-state index contributed by atoms with van der Waals surface area (Å²) in [7, 11) is 2.83. The summed E-state index contributed by atoms with van der Waals surface area (Å²) in [6.07, 6.45) is 0. The number of nitrogens with two attached hydrogens (primary N) is 1. The molecule has 0 aliphatic rings. The van der Waals surface area contributed by atoms with Crippen LogP contribution in [0, 0.1) is 5.82 Å². The molecule has 0 saturated carbocycles. The molecule has 0 aromatic heterocycles. The van der Waals surface area contributed by atoms with E-state index >= 15 is 0 Å². The third-order valence-corrected chi connectivity index (χ3v) is 2.65. The van der Waals surface area contributed by atoms with Crippen molar-refractivity contribution in [3.63, 3.8) is 0 Å². The maximum Gasteiger partial charge on any atom is 0.312 e. The van der Waals surface area contributed by atoms with Crippen LogP contribution in [0.1, 0.15) is 17.0 Å². The Morgan fingerprint density at radius 3 is 2.61 bits per heavy atom. The first-order chi connectivity index (χ1) is 8.56. The van der Waals surface area contributed by atoms with E-state index in [1.165, 1.54) is 26.4 Å². The molecule has 1 rings (SSSR count). The molecule has 1 unspecified atom stereocenters. The fourth-order valence-electron chi connectivity index (χ4n) is 1.72. The van der Waals surface area contributed by atoms with Crippen LogP contribution in [0.3, 0.4) is 0 Å². The number of hydrogen-bond acceptors (Lipinski definition) is 4. The Labute approximate surface area is 104 Å². The van der Waals surface area contributed by atoms with Crippen LogP contribution in [0.2, 0.25) is 0 Å². The van der Waals surface area contributed by atoms with Gasteiger partial charge < -0.3 is 20.3 Å². The van der Waals surface area contributed by atoms with E-state index in [4.69, 9.17) is 20.3 Å². The molecular weight excluding hydrogens is 241 g/mol. The predicted octanol–water partition coefficient (Wildman–Crippen LogP) is 1.11. The average molecular weight is 257 g/mol. The number of carboxylic acids is 1. The Balaban J connectivity index is 3.30. The van der Waals surface area contributed by atoms with E-state index in [0.29, 0.717) is 5.75 Å². The lowest BCUT2D eigenvalue weighted by Gasteiger charge is -2.16. The molecule has 1 atom stereocenters. The number of benzene rings is 1. The molecule has 6 heteroatoms. The smallest absolute Gasteiger partial charge is 0.312 e. The Kier molecular flexibility index (Phi) is 5.06. The summed E-state index contributed by atoms with van der Waals surface area (Å²) in [5, 5.41) is 8.99. The van der Waals surface area contributed by atoms with Crippen molar-refractivity contribution in [2.75, 3.05) is 20.8 Å². The van der Waals surface area contributed by atoms with Gasteiger partial charge in [-0.15, -0.1) is 0 Å². The minimum absolute atomic E-state index is 0.000241. The van der Waals surface area contributed by atoms with Crippen LogP contribution >= 0.6 is 0 Å². The van der Waals surface area contributed by atoms with Crippen molar-refractivity contribution in [1.29, 1.82) is 0 Å². The molecule has 0 heterocycles. The third-order valence-electron chi connectivity index (χ3n) is 2.65. The average Bonchev–Trinajstić information content (AvgIpc) is 2.34. The normalized spacial score (nSPS) is 12.2. The van der Waals surface area contributed by atoms with Crippen LogP contribution in [-0.4, -0.2) is 31.8 Å². The van der Waals surface area contributed by atoms with Gasteiger partial charge in [-0.2, -0.15) is 0 Å². The number of carboxylic acid groups (broad SMARTS) is 1. The van der Waals surface area contributed by atoms with Gasteiger partial charge in [0.1, 0.15) is 11.6 Å². The molecule has 0 aliphatic heterocycles. The van der Waals surface area contributed by atoms with E-state index in [0.717, 1.165) is 0 Å². The van der Waals surface area contributed by atoms with Gasteiger partial charge in [0.2, 0.25) is 0 Å². The highest BCUT2D eigenvalue weighted by Gasteiger charge is 2.24. The molecule has 0 spiro atoms. The molecule has 5 nitrogen and oxygen atoms in total. The van der Waals surface area contributed by atoms with Crippen LogP contribution < -0.4 is 10.5 Å². The molecular formula is C12H16FNO4. The highest BCUT2D eigenvalue weighted by atomic mass is 19.1. The van der Waals surface area contributed by atoms with Crippen LogP contribution in [0.4, 0.5) is 4.39 Å². The Bertz CT molecular complexity index is 436. The largest absolute Gasteiger partial charge is 0.496 e. The van der Waals surface area contributed by atoms with Gasteiger partial charge in [-0.05, 0) is 6.07 Å². The molecule has 0 radical (unpaired) electrons. The summed E-state index contributed by atoms with van der Waals surface area (Å²) in [6, 6.07) is 2.89. The van der Waals surface area contributed by atoms with Gasteiger partial charge in [0.15, 0.2) is 0 Å². The molecule has 1 aromatic carbocycles. The zero-order chi connectivity index (χ0) is 13.7. The molecule has 0 bridgehead atoms. The number of methoxy groups -OCH3 is 2. The van der Waals surface area contributed by atoms with E-state index in [-0.39, 0.29) is 24.3 Å². The molecule has 3 N–H and O–H groups in total. The van der Waals surface area contributed by atoms with Crippen molar-refractivity contribution in [2.24, 2.45) is 5.73 Å². The van der Waals surface area contributed by atoms with Gasteiger partial charge in [-0.25, -0.2) is 4.39 Å². The monoisotopic (exact) mass is 257 g/mol. The first kappa shape index (κ1) is 14.4. The van der Waals surface area contributed by atoms with E-state index < -0.39 is 17.7 Å². The SMILES string of the molecule is COCc1c(OC)ccc(C(CN)C(=O)O)c1F. The van der Waals surface area contributed by atoms with Crippen molar-refractivity contribution in [3.8, 4) is 5.75 Å². The number of halogens is 1. The van der Waals surface area contributed by atoms with Gasteiger partial charge in [0.05, 0.1) is 25.2 Å². The van der Waals surface area contributed by atoms with Gasteiger partial charge >= 0.3 is 5.97 Å². The minimum Gasteiger partial charge on any atom is -0.496 e. The van der Waals surface area contributed by atoms with Gasteiger partial charge in [-0.1, -0.05) is 6.07 Å². The molecule has 18 heavy (non-hydrogen) atoms. The van der Waals surface area contributed by atoms with Gasteiger partial charge in [-0.3, -0.25) is 4.79 Å². The van der Waals surface area contributed by atoms with Crippen molar-refractivity contribution in [2.45, 2.75) is 12.5 Å². The summed E-state index contributed by atoms with van der Waals surface area (Å²) < 4.78 is 24.1. The summed E-state index contributed by atoms with van der Waals surface area (Å²) in [5.74, 6) is -2.57. The van der Waals surface area contributed by atoms with E-state index in [9.17, 15) is 9.18 Å². The summed E-state index contributed by atoms with van der Waals surface area (Å²) >= 11 is 0. The van der Waals surface area contributed by atoms with E-state index in [1.54, 1.807) is 0 Å². The second-order valence-electron chi connectivity index (χ2n) is 3.71. The standard InChI is InChI=1S/C12H16FNO4/c1-17-6-9-10(18-2)4-3-7(11(9)13)8(5-14)12(15)16/h3-4,8H,5-6,14H2,1-2H3,(H,15,16). The molecule has 0 fully saturated rings. The Morgan fingerprint density at radius 1 is 1.50 bits per heavy atom. The number of hydrogen-bond donors (Lipinski definition) is 2.